The molecule has 0 spiro atoms. The normalized spacial score (nSPS) is 10.3. The highest BCUT2D eigenvalue weighted by molar-refractivity contribution is 6.17. The predicted molar refractivity (Wildman–Crippen MR) is 62.6 cm³/mol. The molecule has 1 rings (SSSR count). The number of ether oxygens (including phenoxy) is 1. The van der Waals surface area contributed by atoms with Gasteiger partial charge in [0, 0.05) is 5.88 Å². The van der Waals surface area contributed by atoms with Crippen LogP contribution in [0.25, 0.3) is 0 Å². The molecule has 0 saturated carbocycles. The molecule has 0 heterocycles. The number of rotatable bonds is 6. The molecule has 3 heteroatoms. The highest BCUT2D eigenvalue weighted by Gasteiger charge is 2.04. The zero-order valence-electron chi connectivity index (χ0n) is 9.00. The maximum atomic E-state index is 9.02. The standard InChI is InChI=1S/C12H17ClO2/c1-2-15-12-8-10(9-14)5-6-11(12)4-3-7-13/h5-6,8,14H,2-4,7,9H2,1H3. The lowest BCUT2D eigenvalue weighted by Gasteiger charge is -2.11. The van der Waals surface area contributed by atoms with Gasteiger partial charge in [0.2, 0.25) is 0 Å². The molecule has 0 atom stereocenters. The Hall–Kier alpha value is -0.730. The second kappa shape index (κ2) is 6.70. The van der Waals surface area contributed by atoms with Crippen molar-refractivity contribution in [2.45, 2.75) is 26.4 Å². The van der Waals surface area contributed by atoms with E-state index in [1.165, 1.54) is 0 Å². The Balaban J connectivity index is 2.82. The average Bonchev–Trinajstić information content (AvgIpc) is 2.27. The van der Waals surface area contributed by atoms with E-state index < -0.39 is 0 Å². The number of halogens is 1. The fourth-order valence-corrected chi connectivity index (χ4v) is 1.58. The summed E-state index contributed by atoms with van der Waals surface area (Å²) in [7, 11) is 0. The van der Waals surface area contributed by atoms with Gasteiger partial charge in [-0.15, -0.1) is 11.6 Å². The lowest BCUT2D eigenvalue weighted by Crippen LogP contribution is -1.98. The van der Waals surface area contributed by atoms with Crippen LogP contribution >= 0.6 is 11.6 Å². The van der Waals surface area contributed by atoms with Gasteiger partial charge in [-0.3, -0.25) is 0 Å². The summed E-state index contributed by atoms with van der Waals surface area (Å²) in [6.45, 7) is 2.65. The third-order valence-corrected chi connectivity index (χ3v) is 2.46. The fourth-order valence-electron chi connectivity index (χ4n) is 1.45. The second-order valence-corrected chi connectivity index (χ2v) is 3.70. The van der Waals surface area contributed by atoms with Crippen LogP contribution in [0.4, 0.5) is 0 Å². The molecule has 0 unspecified atom stereocenters. The Kier molecular flexibility index (Phi) is 5.51. The lowest BCUT2D eigenvalue weighted by molar-refractivity contribution is 0.280. The van der Waals surface area contributed by atoms with Crippen molar-refractivity contribution in [1.82, 2.24) is 0 Å². The number of aliphatic hydroxyl groups excluding tert-OH is 1. The molecule has 0 aliphatic heterocycles. The van der Waals surface area contributed by atoms with E-state index in [1.807, 2.05) is 25.1 Å². The van der Waals surface area contributed by atoms with Crippen molar-refractivity contribution in [3.63, 3.8) is 0 Å². The summed E-state index contributed by atoms with van der Waals surface area (Å²) in [6.07, 6.45) is 1.87. The lowest BCUT2D eigenvalue weighted by atomic mass is 10.1. The second-order valence-electron chi connectivity index (χ2n) is 3.33. The highest BCUT2D eigenvalue weighted by Crippen LogP contribution is 2.22. The van der Waals surface area contributed by atoms with Gasteiger partial charge in [-0.25, -0.2) is 0 Å². The van der Waals surface area contributed by atoms with Crippen LogP contribution in [-0.2, 0) is 13.0 Å². The van der Waals surface area contributed by atoms with Gasteiger partial charge in [-0.1, -0.05) is 12.1 Å². The Morgan fingerprint density at radius 2 is 2.20 bits per heavy atom. The summed E-state index contributed by atoms with van der Waals surface area (Å²) >= 11 is 5.66. The number of hydrogen-bond acceptors (Lipinski definition) is 2. The van der Waals surface area contributed by atoms with Crippen LogP contribution in [0.5, 0.6) is 5.75 Å². The predicted octanol–water partition coefficient (Wildman–Crippen LogP) is 2.75. The summed E-state index contributed by atoms with van der Waals surface area (Å²) < 4.78 is 5.52. The van der Waals surface area contributed by atoms with E-state index in [0.29, 0.717) is 12.5 Å². The molecule has 0 saturated heterocycles. The van der Waals surface area contributed by atoms with Crippen molar-refractivity contribution in [2.24, 2.45) is 0 Å². The quantitative estimate of drug-likeness (QED) is 0.759. The summed E-state index contributed by atoms with van der Waals surface area (Å²) in [5, 5.41) is 9.02. The number of hydrogen-bond donors (Lipinski definition) is 1. The molecule has 0 aromatic heterocycles. The Morgan fingerprint density at radius 1 is 1.40 bits per heavy atom. The van der Waals surface area contributed by atoms with Gasteiger partial charge in [0.15, 0.2) is 0 Å². The number of aryl methyl sites for hydroxylation is 1. The Morgan fingerprint density at radius 3 is 2.80 bits per heavy atom. The first-order valence-electron chi connectivity index (χ1n) is 5.23. The molecule has 84 valence electrons. The van der Waals surface area contributed by atoms with E-state index in [1.54, 1.807) is 0 Å². The van der Waals surface area contributed by atoms with Gasteiger partial charge >= 0.3 is 0 Å². The molecule has 15 heavy (non-hydrogen) atoms. The first-order chi connectivity index (χ1) is 7.31. The molecule has 0 aliphatic rings. The molecular weight excluding hydrogens is 212 g/mol. The molecule has 1 aromatic rings. The first kappa shape index (κ1) is 12.3. The summed E-state index contributed by atoms with van der Waals surface area (Å²) in [5.41, 5.74) is 2.04. The van der Waals surface area contributed by atoms with Crippen LogP contribution in [0.3, 0.4) is 0 Å². The Labute approximate surface area is 95.8 Å². The minimum Gasteiger partial charge on any atom is -0.494 e. The molecular formula is C12H17ClO2. The van der Waals surface area contributed by atoms with E-state index >= 15 is 0 Å². The van der Waals surface area contributed by atoms with E-state index in [-0.39, 0.29) is 6.61 Å². The van der Waals surface area contributed by atoms with E-state index in [0.717, 1.165) is 29.7 Å². The number of benzene rings is 1. The highest BCUT2D eigenvalue weighted by atomic mass is 35.5. The van der Waals surface area contributed by atoms with Crippen LogP contribution in [-0.4, -0.2) is 17.6 Å². The smallest absolute Gasteiger partial charge is 0.122 e. The molecule has 1 aromatic carbocycles. The van der Waals surface area contributed by atoms with Gasteiger partial charge in [-0.2, -0.15) is 0 Å². The van der Waals surface area contributed by atoms with Crippen molar-refractivity contribution >= 4 is 11.6 Å². The number of aliphatic hydroxyl groups is 1. The van der Waals surface area contributed by atoms with Crippen LogP contribution in [0, 0.1) is 0 Å². The number of alkyl halides is 1. The van der Waals surface area contributed by atoms with Crippen LogP contribution in [0.1, 0.15) is 24.5 Å². The van der Waals surface area contributed by atoms with Gasteiger partial charge < -0.3 is 9.84 Å². The zero-order chi connectivity index (χ0) is 11.1. The zero-order valence-corrected chi connectivity index (χ0v) is 9.76. The first-order valence-corrected chi connectivity index (χ1v) is 5.76. The third-order valence-electron chi connectivity index (χ3n) is 2.19. The molecule has 1 N–H and O–H groups in total. The van der Waals surface area contributed by atoms with Gasteiger partial charge in [0.1, 0.15) is 5.75 Å². The van der Waals surface area contributed by atoms with E-state index in [4.69, 9.17) is 21.4 Å². The maximum Gasteiger partial charge on any atom is 0.122 e. The fraction of sp³-hybridized carbons (Fsp3) is 0.500. The van der Waals surface area contributed by atoms with Gasteiger partial charge in [0.05, 0.1) is 13.2 Å². The van der Waals surface area contributed by atoms with E-state index in [9.17, 15) is 0 Å². The maximum absolute atomic E-state index is 9.02. The molecule has 0 bridgehead atoms. The van der Waals surface area contributed by atoms with Crippen molar-refractivity contribution in [2.75, 3.05) is 12.5 Å². The third kappa shape index (κ3) is 3.73. The Bertz CT molecular complexity index is 300. The van der Waals surface area contributed by atoms with Crippen molar-refractivity contribution in [1.29, 1.82) is 0 Å². The summed E-state index contributed by atoms with van der Waals surface area (Å²) in [5.74, 6) is 1.53. The molecule has 0 radical (unpaired) electrons. The minimum absolute atomic E-state index is 0.0514. The molecule has 2 nitrogen and oxygen atoms in total. The van der Waals surface area contributed by atoms with Crippen LogP contribution in [0.2, 0.25) is 0 Å². The average molecular weight is 229 g/mol. The molecule has 0 fully saturated rings. The minimum atomic E-state index is 0.0514. The van der Waals surface area contributed by atoms with Crippen molar-refractivity contribution in [3.8, 4) is 5.75 Å². The van der Waals surface area contributed by atoms with E-state index in [2.05, 4.69) is 0 Å². The van der Waals surface area contributed by atoms with Gasteiger partial charge in [0.25, 0.3) is 0 Å². The topological polar surface area (TPSA) is 29.5 Å². The summed E-state index contributed by atoms with van der Waals surface area (Å²) in [6, 6.07) is 5.82. The SMILES string of the molecule is CCOc1cc(CO)ccc1CCCCl. The molecule has 0 aliphatic carbocycles. The monoisotopic (exact) mass is 228 g/mol. The largest absolute Gasteiger partial charge is 0.494 e. The van der Waals surface area contributed by atoms with Crippen molar-refractivity contribution in [3.05, 3.63) is 29.3 Å². The van der Waals surface area contributed by atoms with Gasteiger partial charge in [-0.05, 0) is 37.0 Å². The summed E-state index contributed by atoms with van der Waals surface area (Å²) in [4.78, 5) is 0. The molecule has 0 amide bonds. The van der Waals surface area contributed by atoms with Crippen molar-refractivity contribution < 1.29 is 9.84 Å². The van der Waals surface area contributed by atoms with Crippen LogP contribution in [0.15, 0.2) is 18.2 Å². The van der Waals surface area contributed by atoms with Crippen LogP contribution < -0.4 is 4.74 Å².